The number of aromatic nitrogens is 3. The molecule has 31 heavy (non-hydrogen) atoms. The van der Waals surface area contributed by atoms with Crippen molar-refractivity contribution in [2.75, 3.05) is 6.54 Å². The number of amides is 3. The zero-order valence-corrected chi connectivity index (χ0v) is 17.8. The van der Waals surface area contributed by atoms with Gasteiger partial charge in [0, 0.05) is 30.9 Å². The molecule has 0 spiro atoms. The normalized spacial score (nSPS) is 22.0. The molecule has 0 unspecified atom stereocenters. The summed E-state index contributed by atoms with van der Waals surface area (Å²) in [4.78, 5) is 47.5. The van der Waals surface area contributed by atoms with Crippen LogP contribution in [-0.2, 0) is 14.4 Å². The Hall–Kier alpha value is -3.10. The number of hydrogen-bond donors (Lipinski definition) is 1. The highest BCUT2D eigenvalue weighted by Crippen LogP contribution is 2.38. The molecule has 9 heteroatoms. The van der Waals surface area contributed by atoms with Gasteiger partial charge in [0.05, 0.1) is 11.8 Å². The number of likely N-dealkylation sites (tertiary alicyclic amines) is 1. The second kappa shape index (κ2) is 8.95. The van der Waals surface area contributed by atoms with E-state index in [1.54, 1.807) is 18.5 Å². The van der Waals surface area contributed by atoms with Crippen molar-refractivity contribution < 1.29 is 18.9 Å². The molecule has 9 nitrogen and oxygen atoms in total. The van der Waals surface area contributed by atoms with Crippen LogP contribution in [-0.4, -0.2) is 44.3 Å². The minimum Gasteiger partial charge on any atom is -0.344 e. The SMILES string of the molecule is CC(C)[C@H](NC(=O)CCN1C(=O)[C@H]2CCCC[C@H]2C1=O)c1nc(-c2cccnc2)no1. The molecule has 3 atom stereocenters. The number of carbonyl (C=O) groups excluding carboxylic acids is 3. The van der Waals surface area contributed by atoms with E-state index in [0.29, 0.717) is 11.7 Å². The van der Waals surface area contributed by atoms with E-state index < -0.39 is 6.04 Å². The Kier molecular flexibility index (Phi) is 6.11. The van der Waals surface area contributed by atoms with Crippen molar-refractivity contribution in [1.82, 2.24) is 25.3 Å². The average molecular weight is 425 g/mol. The third-order valence-electron chi connectivity index (χ3n) is 6.11. The number of hydrogen-bond acceptors (Lipinski definition) is 7. The van der Waals surface area contributed by atoms with Crippen molar-refractivity contribution in [1.29, 1.82) is 0 Å². The van der Waals surface area contributed by atoms with Gasteiger partial charge < -0.3 is 9.84 Å². The van der Waals surface area contributed by atoms with Crippen LogP contribution >= 0.6 is 0 Å². The lowest BCUT2D eigenvalue weighted by Crippen LogP contribution is -2.37. The van der Waals surface area contributed by atoms with Crippen molar-refractivity contribution in [2.45, 2.75) is 52.0 Å². The van der Waals surface area contributed by atoms with E-state index in [1.807, 2.05) is 19.9 Å². The number of carbonyl (C=O) groups is 3. The molecule has 164 valence electrons. The van der Waals surface area contributed by atoms with Crippen LogP contribution in [0.5, 0.6) is 0 Å². The first kappa shape index (κ1) is 21.1. The topological polar surface area (TPSA) is 118 Å². The summed E-state index contributed by atoms with van der Waals surface area (Å²) in [6.07, 6.45) is 6.84. The summed E-state index contributed by atoms with van der Waals surface area (Å²) >= 11 is 0. The summed E-state index contributed by atoms with van der Waals surface area (Å²) in [6, 6.07) is 3.13. The Balaban J connectivity index is 1.38. The van der Waals surface area contributed by atoms with Gasteiger partial charge in [-0.15, -0.1) is 0 Å². The van der Waals surface area contributed by atoms with E-state index in [4.69, 9.17) is 4.52 Å². The van der Waals surface area contributed by atoms with Crippen molar-refractivity contribution in [3.8, 4) is 11.4 Å². The molecule has 0 aromatic carbocycles. The van der Waals surface area contributed by atoms with Gasteiger partial charge in [-0.05, 0) is 30.9 Å². The molecule has 1 N–H and O–H groups in total. The molecule has 1 aliphatic carbocycles. The third-order valence-corrected chi connectivity index (χ3v) is 6.11. The van der Waals surface area contributed by atoms with Crippen LogP contribution in [0.25, 0.3) is 11.4 Å². The van der Waals surface area contributed by atoms with Crippen LogP contribution in [0.4, 0.5) is 0 Å². The first-order chi connectivity index (χ1) is 15.0. The number of imide groups is 1. The molecule has 2 aromatic rings. The molecule has 2 aliphatic rings. The lowest BCUT2D eigenvalue weighted by atomic mass is 9.81. The van der Waals surface area contributed by atoms with Crippen molar-refractivity contribution >= 4 is 17.7 Å². The smallest absolute Gasteiger partial charge is 0.249 e. The zero-order valence-electron chi connectivity index (χ0n) is 17.8. The highest BCUT2D eigenvalue weighted by molar-refractivity contribution is 6.05. The highest BCUT2D eigenvalue weighted by atomic mass is 16.5. The fourth-order valence-corrected chi connectivity index (χ4v) is 4.40. The van der Waals surface area contributed by atoms with Crippen molar-refractivity contribution in [3.05, 3.63) is 30.4 Å². The summed E-state index contributed by atoms with van der Waals surface area (Å²) < 4.78 is 5.40. The molecule has 1 aliphatic heterocycles. The van der Waals surface area contributed by atoms with E-state index in [1.165, 1.54) is 4.90 Å². The van der Waals surface area contributed by atoms with E-state index in [9.17, 15) is 14.4 Å². The molecule has 0 bridgehead atoms. The summed E-state index contributed by atoms with van der Waals surface area (Å²) in [6.45, 7) is 3.99. The molecule has 1 saturated carbocycles. The highest BCUT2D eigenvalue weighted by Gasteiger charge is 2.47. The molecule has 1 saturated heterocycles. The molecule has 2 fully saturated rings. The van der Waals surface area contributed by atoms with E-state index in [0.717, 1.165) is 31.2 Å². The molecule has 3 heterocycles. The predicted octanol–water partition coefficient (Wildman–Crippen LogP) is 2.51. The molecule has 0 radical (unpaired) electrons. The van der Waals surface area contributed by atoms with Crippen molar-refractivity contribution in [2.24, 2.45) is 17.8 Å². The van der Waals surface area contributed by atoms with Gasteiger partial charge in [0.25, 0.3) is 0 Å². The maximum atomic E-state index is 12.6. The average Bonchev–Trinajstić information content (AvgIpc) is 3.35. The van der Waals surface area contributed by atoms with Crippen LogP contribution in [0, 0.1) is 17.8 Å². The van der Waals surface area contributed by atoms with Crippen molar-refractivity contribution in [3.63, 3.8) is 0 Å². The molecule has 4 rings (SSSR count). The fraction of sp³-hybridized carbons (Fsp3) is 0.545. The second-order valence-electron chi connectivity index (χ2n) is 8.56. The number of pyridine rings is 1. The largest absolute Gasteiger partial charge is 0.344 e. The molecule has 2 aromatic heterocycles. The Morgan fingerprint density at radius 3 is 2.55 bits per heavy atom. The Labute approximate surface area is 180 Å². The van der Waals surface area contributed by atoms with Gasteiger partial charge in [-0.1, -0.05) is 31.8 Å². The minimum atomic E-state index is -0.474. The number of rotatable bonds is 7. The predicted molar refractivity (Wildman–Crippen MR) is 110 cm³/mol. The summed E-state index contributed by atoms with van der Waals surface area (Å²) in [7, 11) is 0. The van der Waals surface area contributed by atoms with Gasteiger partial charge in [0.1, 0.15) is 6.04 Å². The molecule has 3 amide bonds. The van der Waals surface area contributed by atoms with Gasteiger partial charge in [-0.25, -0.2) is 0 Å². The third kappa shape index (κ3) is 4.35. The van der Waals surface area contributed by atoms with E-state index in [-0.39, 0.29) is 48.4 Å². The van der Waals surface area contributed by atoms with E-state index in [2.05, 4.69) is 20.4 Å². The quantitative estimate of drug-likeness (QED) is 0.677. The fourth-order valence-electron chi connectivity index (χ4n) is 4.40. The van der Waals surface area contributed by atoms with Gasteiger partial charge in [-0.3, -0.25) is 24.3 Å². The standard InChI is InChI=1S/C22H27N5O4/c1-13(2)18(20-25-19(26-31-20)14-6-5-10-23-12-14)24-17(28)9-11-27-21(29)15-7-3-4-8-16(15)22(27)30/h5-6,10,12-13,15-16,18H,3-4,7-9,11H2,1-2H3,(H,24,28)/t15-,16+,18-/m0/s1. The Morgan fingerprint density at radius 1 is 1.23 bits per heavy atom. The van der Waals surface area contributed by atoms with Crippen LogP contribution in [0.3, 0.4) is 0 Å². The summed E-state index contributed by atoms with van der Waals surface area (Å²) in [5.74, 6) is -0.198. The zero-order chi connectivity index (χ0) is 22.0. The maximum Gasteiger partial charge on any atom is 0.249 e. The van der Waals surface area contributed by atoms with Crippen LogP contribution in [0.1, 0.15) is 57.9 Å². The second-order valence-corrected chi connectivity index (χ2v) is 8.56. The van der Waals surface area contributed by atoms with Gasteiger partial charge in [0.15, 0.2) is 0 Å². The lowest BCUT2D eigenvalue weighted by molar-refractivity contribution is -0.140. The Bertz CT molecular complexity index is 934. The number of nitrogens with one attached hydrogen (secondary N) is 1. The van der Waals surface area contributed by atoms with Gasteiger partial charge in [0.2, 0.25) is 29.4 Å². The first-order valence-electron chi connectivity index (χ1n) is 10.8. The molecular weight excluding hydrogens is 398 g/mol. The minimum absolute atomic E-state index is 0.00377. The Morgan fingerprint density at radius 2 is 1.94 bits per heavy atom. The monoisotopic (exact) mass is 425 g/mol. The van der Waals surface area contributed by atoms with Crippen LogP contribution < -0.4 is 5.32 Å². The number of nitrogens with zero attached hydrogens (tertiary/aromatic N) is 4. The van der Waals surface area contributed by atoms with Crippen LogP contribution in [0.2, 0.25) is 0 Å². The first-order valence-corrected chi connectivity index (χ1v) is 10.8. The van der Waals surface area contributed by atoms with Crippen LogP contribution in [0.15, 0.2) is 29.0 Å². The van der Waals surface area contributed by atoms with Gasteiger partial charge in [-0.2, -0.15) is 4.98 Å². The lowest BCUT2D eigenvalue weighted by Gasteiger charge is -2.20. The van der Waals surface area contributed by atoms with E-state index >= 15 is 0 Å². The molecular formula is C22H27N5O4. The number of fused-ring (bicyclic) bond motifs is 1. The summed E-state index contributed by atoms with van der Waals surface area (Å²) in [5.41, 5.74) is 0.721. The maximum absolute atomic E-state index is 12.6. The summed E-state index contributed by atoms with van der Waals surface area (Å²) in [5, 5.41) is 6.91. The van der Waals surface area contributed by atoms with Gasteiger partial charge >= 0.3 is 0 Å².